The molecule has 5 nitrogen and oxygen atoms in total. The summed E-state index contributed by atoms with van der Waals surface area (Å²) in [6.07, 6.45) is 6.96. The van der Waals surface area contributed by atoms with Crippen LogP contribution in [0.4, 0.5) is 8.78 Å². The minimum Gasteiger partial charge on any atom is -0.370 e. The average molecular weight is 488 g/mol. The van der Waals surface area contributed by atoms with Gasteiger partial charge in [-0.25, -0.2) is 21.9 Å². The van der Waals surface area contributed by atoms with E-state index in [4.69, 9.17) is 4.99 Å². The number of fused-ring (bicyclic) bond motifs is 3. The lowest BCUT2D eigenvalue weighted by Gasteiger charge is -2.28. The van der Waals surface area contributed by atoms with Crippen molar-refractivity contribution >= 4 is 15.9 Å². The summed E-state index contributed by atoms with van der Waals surface area (Å²) in [5.74, 6) is 0.150. The van der Waals surface area contributed by atoms with E-state index in [0.717, 1.165) is 75.5 Å². The minimum absolute atomic E-state index is 0.164. The maximum atomic E-state index is 13.9. The second kappa shape index (κ2) is 9.74. The van der Waals surface area contributed by atoms with Gasteiger partial charge in [0.25, 0.3) is 0 Å². The number of hydrogen-bond donors (Lipinski definition) is 2. The summed E-state index contributed by atoms with van der Waals surface area (Å²) in [5, 5.41) is 3.66. The zero-order valence-corrected chi connectivity index (χ0v) is 20.0. The highest BCUT2D eigenvalue weighted by atomic mass is 32.2. The molecular weight excluding hydrogens is 456 g/mol. The predicted octanol–water partition coefficient (Wildman–Crippen LogP) is 4.54. The van der Waals surface area contributed by atoms with E-state index in [9.17, 15) is 17.2 Å². The highest BCUT2D eigenvalue weighted by Crippen LogP contribution is 2.38. The molecule has 2 aromatic carbocycles. The van der Waals surface area contributed by atoms with Crippen LogP contribution in [0.1, 0.15) is 55.6 Å². The molecule has 34 heavy (non-hydrogen) atoms. The van der Waals surface area contributed by atoms with Crippen molar-refractivity contribution in [2.75, 3.05) is 13.1 Å². The molecule has 5 rings (SSSR count). The summed E-state index contributed by atoms with van der Waals surface area (Å²) >= 11 is 0. The monoisotopic (exact) mass is 487 g/mol. The van der Waals surface area contributed by atoms with Gasteiger partial charge in [0, 0.05) is 31.5 Å². The fourth-order valence-electron chi connectivity index (χ4n) is 5.77. The molecule has 2 aliphatic carbocycles. The molecule has 182 valence electrons. The Labute approximate surface area is 200 Å². The molecule has 1 saturated carbocycles. The minimum atomic E-state index is -4.22. The van der Waals surface area contributed by atoms with Gasteiger partial charge in [0.15, 0.2) is 4.90 Å². The second-order valence-electron chi connectivity index (χ2n) is 9.88. The van der Waals surface area contributed by atoms with Gasteiger partial charge in [-0.2, -0.15) is 0 Å². The van der Waals surface area contributed by atoms with E-state index in [-0.39, 0.29) is 12.5 Å². The van der Waals surface area contributed by atoms with Crippen LogP contribution in [-0.2, 0) is 16.4 Å². The van der Waals surface area contributed by atoms with E-state index in [1.165, 1.54) is 11.1 Å². The highest BCUT2D eigenvalue weighted by molar-refractivity contribution is 7.89. The number of halogens is 2. The number of aryl methyl sites for hydroxylation is 1. The first-order valence-corrected chi connectivity index (χ1v) is 13.7. The summed E-state index contributed by atoms with van der Waals surface area (Å²) in [5.41, 5.74) is 2.94. The SMILES string of the molecule is O=S(=O)(NCC1CCC(CN=C2CC3c4ccccc4CCC3N2)CC1)c1c(F)cccc1F. The average Bonchev–Trinajstić information content (AvgIpc) is 3.26. The van der Waals surface area contributed by atoms with Crippen molar-refractivity contribution in [3.05, 3.63) is 65.2 Å². The first-order valence-electron chi connectivity index (χ1n) is 12.2. The third kappa shape index (κ3) is 4.89. The van der Waals surface area contributed by atoms with Gasteiger partial charge in [-0.05, 0) is 73.6 Å². The maximum Gasteiger partial charge on any atom is 0.246 e. The molecule has 0 bridgehead atoms. The normalized spacial score (nSPS) is 27.8. The van der Waals surface area contributed by atoms with Crippen LogP contribution in [0.2, 0.25) is 0 Å². The third-order valence-corrected chi connectivity index (χ3v) is 9.16. The molecule has 2 aromatic rings. The van der Waals surface area contributed by atoms with Crippen molar-refractivity contribution in [1.82, 2.24) is 10.0 Å². The van der Waals surface area contributed by atoms with E-state index in [1.54, 1.807) is 0 Å². The van der Waals surface area contributed by atoms with Gasteiger partial charge < -0.3 is 5.32 Å². The Balaban J connectivity index is 1.10. The number of nitrogens with one attached hydrogen (secondary N) is 2. The van der Waals surface area contributed by atoms with E-state index < -0.39 is 26.6 Å². The van der Waals surface area contributed by atoms with Crippen molar-refractivity contribution < 1.29 is 17.2 Å². The number of rotatable bonds is 6. The summed E-state index contributed by atoms with van der Waals surface area (Å²) in [7, 11) is -4.22. The first kappa shape index (κ1) is 23.4. The zero-order chi connectivity index (χ0) is 23.7. The van der Waals surface area contributed by atoms with Gasteiger partial charge in [-0.3, -0.25) is 4.99 Å². The number of benzene rings is 2. The molecule has 0 radical (unpaired) electrons. The van der Waals surface area contributed by atoms with E-state index in [0.29, 0.717) is 17.9 Å². The van der Waals surface area contributed by atoms with Gasteiger partial charge in [-0.15, -0.1) is 0 Å². The Morgan fingerprint density at radius 3 is 2.41 bits per heavy atom. The molecule has 2 unspecified atom stereocenters. The lowest BCUT2D eigenvalue weighted by atomic mass is 9.80. The van der Waals surface area contributed by atoms with Gasteiger partial charge >= 0.3 is 0 Å². The van der Waals surface area contributed by atoms with Gasteiger partial charge in [0.2, 0.25) is 10.0 Å². The molecule has 2 N–H and O–H groups in total. The number of sulfonamides is 1. The summed E-state index contributed by atoms with van der Waals surface area (Å²) in [6, 6.07) is 12.3. The molecule has 1 saturated heterocycles. The Hall–Kier alpha value is -2.32. The van der Waals surface area contributed by atoms with Crippen molar-refractivity contribution in [1.29, 1.82) is 0 Å². The van der Waals surface area contributed by atoms with Crippen LogP contribution in [0.5, 0.6) is 0 Å². The molecule has 8 heteroatoms. The van der Waals surface area contributed by atoms with Crippen molar-refractivity contribution in [2.24, 2.45) is 16.8 Å². The van der Waals surface area contributed by atoms with Crippen LogP contribution < -0.4 is 10.0 Å². The lowest BCUT2D eigenvalue weighted by molar-refractivity contribution is 0.280. The quantitative estimate of drug-likeness (QED) is 0.629. The molecule has 2 atom stereocenters. The summed E-state index contributed by atoms with van der Waals surface area (Å²) in [4.78, 5) is 4.03. The topological polar surface area (TPSA) is 70.6 Å². The maximum absolute atomic E-state index is 13.9. The third-order valence-electron chi connectivity index (χ3n) is 7.69. The Morgan fingerprint density at radius 1 is 0.941 bits per heavy atom. The molecule has 2 fully saturated rings. The molecule has 1 aliphatic heterocycles. The fourth-order valence-corrected chi connectivity index (χ4v) is 7.01. The Kier molecular flexibility index (Phi) is 6.71. The van der Waals surface area contributed by atoms with Crippen LogP contribution in [0.3, 0.4) is 0 Å². The predicted molar refractivity (Wildman–Crippen MR) is 128 cm³/mol. The molecule has 3 aliphatic rings. The summed E-state index contributed by atoms with van der Waals surface area (Å²) < 4.78 is 54.9. The molecular formula is C26H31F2N3O2S. The van der Waals surface area contributed by atoms with Crippen molar-refractivity contribution in [2.45, 2.75) is 61.8 Å². The molecule has 0 spiro atoms. The summed E-state index contributed by atoms with van der Waals surface area (Å²) in [6.45, 7) is 0.990. The van der Waals surface area contributed by atoms with Crippen LogP contribution >= 0.6 is 0 Å². The van der Waals surface area contributed by atoms with Gasteiger partial charge in [-0.1, -0.05) is 30.3 Å². The number of nitrogens with zero attached hydrogens (tertiary/aromatic N) is 1. The standard InChI is InChI=1S/C26H31F2N3O2S/c27-22-6-3-7-23(28)26(22)34(32,33)30-16-18-10-8-17(9-11-18)15-29-25-14-21-20-5-2-1-4-19(20)12-13-24(21)31-25/h1-7,17-18,21,24,30H,8-16H2,(H,29,31). The van der Waals surface area contributed by atoms with E-state index in [2.05, 4.69) is 34.3 Å². The Bertz CT molecular complexity index is 1160. The van der Waals surface area contributed by atoms with Gasteiger partial charge in [0.05, 0.1) is 5.84 Å². The Morgan fingerprint density at radius 2 is 1.65 bits per heavy atom. The molecule has 1 heterocycles. The highest BCUT2D eigenvalue weighted by Gasteiger charge is 2.36. The number of hydrogen-bond acceptors (Lipinski definition) is 3. The fraction of sp³-hybridized carbons (Fsp3) is 0.500. The molecule has 0 aromatic heterocycles. The largest absolute Gasteiger partial charge is 0.370 e. The van der Waals surface area contributed by atoms with Crippen LogP contribution in [0, 0.1) is 23.5 Å². The first-order chi connectivity index (χ1) is 16.4. The number of amidine groups is 1. The van der Waals surface area contributed by atoms with Crippen molar-refractivity contribution in [3.63, 3.8) is 0 Å². The number of aliphatic imine (C=N–C) groups is 1. The zero-order valence-electron chi connectivity index (χ0n) is 19.1. The lowest BCUT2D eigenvalue weighted by Crippen LogP contribution is -2.33. The van der Waals surface area contributed by atoms with Crippen molar-refractivity contribution in [3.8, 4) is 0 Å². The van der Waals surface area contributed by atoms with Crippen LogP contribution in [-0.4, -0.2) is 33.4 Å². The van der Waals surface area contributed by atoms with E-state index >= 15 is 0 Å². The molecule has 0 amide bonds. The smallest absolute Gasteiger partial charge is 0.246 e. The second-order valence-corrected chi connectivity index (χ2v) is 11.6. The van der Waals surface area contributed by atoms with Crippen LogP contribution in [0.15, 0.2) is 52.4 Å². The van der Waals surface area contributed by atoms with Gasteiger partial charge in [0.1, 0.15) is 11.6 Å². The van der Waals surface area contributed by atoms with E-state index in [1.807, 2.05) is 0 Å². The van der Waals surface area contributed by atoms with Crippen LogP contribution in [0.25, 0.3) is 0 Å².